The van der Waals surface area contributed by atoms with E-state index < -0.39 is 0 Å². The van der Waals surface area contributed by atoms with Gasteiger partial charge in [-0.15, -0.1) is 0 Å². The maximum atomic E-state index is 13.3. The Morgan fingerprint density at radius 2 is 2.08 bits per heavy atom. The summed E-state index contributed by atoms with van der Waals surface area (Å²) in [5.74, 6) is -0.165. The second kappa shape index (κ2) is 2.67. The van der Waals surface area contributed by atoms with Crippen molar-refractivity contribution in [3.05, 3.63) is 33.1 Å². The third-order valence-corrected chi connectivity index (χ3v) is 3.15. The molecule has 3 heteroatoms. The molecule has 0 atom stereocenters. The highest BCUT2D eigenvalue weighted by molar-refractivity contribution is 14.1. The van der Waals surface area contributed by atoms with Gasteiger partial charge in [-0.05, 0) is 47.6 Å². The molecular formula is C9H9FIN. The predicted octanol–water partition coefficient (Wildman–Crippen LogP) is 2.38. The number of halogens is 2. The van der Waals surface area contributed by atoms with Crippen molar-refractivity contribution < 1.29 is 4.39 Å². The summed E-state index contributed by atoms with van der Waals surface area (Å²) in [5, 5.41) is 0. The minimum atomic E-state index is -0.359. The third-order valence-electron chi connectivity index (χ3n) is 2.25. The van der Waals surface area contributed by atoms with E-state index in [1.54, 1.807) is 6.07 Å². The highest BCUT2D eigenvalue weighted by Crippen LogP contribution is 2.45. The highest BCUT2D eigenvalue weighted by Gasteiger charge is 2.43. The molecule has 0 spiro atoms. The number of hydrogen-bond acceptors (Lipinski definition) is 1. The lowest BCUT2D eigenvalue weighted by Gasteiger charge is -2.11. The molecule has 0 saturated heterocycles. The van der Waals surface area contributed by atoms with Crippen LogP contribution >= 0.6 is 22.6 Å². The van der Waals surface area contributed by atoms with E-state index in [-0.39, 0.29) is 11.4 Å². The van der Waals surface area contributed by atoms with Gasteiger partial charge in [-0.1, -0.05) is 6.07 Å². The Morgan fingerprint density at radius 3 is 2.58 bits per heavy atom. The van der Waals surface area contributed by atoms with Crippen molar-refractivity contribution in [2.75, 3.05) is 0 Å². The van der Waals surface area contributed by atoms with Gasteiger partial charge in [-0.3, -0.25) is 0 Å². The monoisotopic (exact) mass is 277 g/mol. The summed E-state index contributed by atoms with van der Waals surface area (Å²) < 4.78 is 14.2. The molecule has 1 aromatic rings. The lowest BCUT2D eigenvalue weighted by molar-refractivity contribution is 0.575. The Labute approximate surface area is 84.3 Å². The van der Waals surface area contributed by atoms with E-state index in [2.05, 4.69) is 22.6 Å². The van der Waals surface area contributed by atoms with E-state index in [9.17, 15) is 4.39 Å². The fourth-order valence-corrected chi connectivity index (χ4v) is 2.36. The Bertz CT molecular complexity index is 300. The summed E-state index contributed by atoms with van der Waals surface area (Å²) in [6.45, 7) is 0. The van der Waals surface area contributed by atoms with Gasteiger partial charge in [0.15, 0.2) is 0 Å². The largest absolute Gasteiger partial charge is 0.321 e. The van der Waals surface area contributed by atoms with Crippen LogP contribution in [0.3, 0.4) is 0 Å². The second-order valence-electron chi connectivity index (χ2n) is 3.25. The van der Waals surface area contributed by atoms with Gasteiger partial charge in [-0.2, -0.15) is 0 Å². The van der Waals surface area contributed by atoms with Crippen LogP contribution in [0.2, 0.25) is 0 Å². The Kier molecular flexibility index (Phi) is 1.88. The van der Waals surface area contributed by atoms with Crippen molar-refractivity contribution >= 4 is 22.6 Å². The van der Waals surface area contributed by atoms with Crippen molar-refractivity contribution in [3.63, 3.8) is 0 Å². The first-order chi connectivity index (χ1) is 5.63. The molecule has 0 bridgehead atoms. The summed E-state index contributed by atoms with van der Waals surface area (Å²) in [6, 6.07) is 5.09. The molecule has 0 radical (unpaired) electrons. The lowest BCUT2D eigenvalue weighted by Crippen LogP contribution is -2.21. The average molecular weight is 277 g/mol. The molecule has 1 saturated carbocycles. The van der Waals surface area contributed by atoms with Crippen molar-refractivity contribution in [1.29, 1.82) is 0 Å². The number of hydrogen-bond donors (Lipinski definition) is 1. The molecule has 1 aromatic carbocycles. The summed E-state index contributed by atoms with van der Waals surface area (Å²) in [7, 11) is 0. The van der Waals surface area contributed by atoms with Crippen LogP contribution < -0.4 is 5.73 Å². The first-order valence-electron chi connectivity index (χ1n) is 3.87. The summed E-state index contributed by atoms with van der Waals surface area (Å²) in [5.41, 5.74) is 6.27. The van der Waals surface area contributed by atoms with E-state index in [4.69, 9.17) is 5.73 Å². The molecular weight excluding hydrogens is 268 g/mol. The standard InChI is InChI=1S/C9H9FIN/c10-6-2-1-3-7(11)8(6)9(12)4-5-9/h1-3H,4-5,12H2. The van der Waals surface area contributed by atoms with E-state index in [1.165, 1.54) is 6.07 Å². The number of benzene rings is 1. The maximum Gasteiger partial charge on any atom is 0.129 e. The molecule has 2 rings (SSSR count). The molecule has 64 valence electrons. The summed E-state index contributed by atoms with van der Waals surface area (Å²) in [4.78, 5) is 0. The second-order valence-corrected chi connectivity index (χ2v) is 4.41. The molecule has 0 heterocycles. The van der Waals surface area contributed by atoms with Gasteiger partial charge in [-0.25, -0.2) is 4.39 Å². The van der Waals surface area contributed by atoms with Gasteiger partial charge < -0.3 is 5.73 Å². The predicted molar refractivity (Wildman–Crippen MR) is 54.2 cm³/mol. The van der Waals surface area contributed by atoms with Crippen LogP contribution in [0.15, 0.2) is 18.2 Å². The van der Waals surface area contributed by atoms with E-state index in [0.717, 1.165) is 16.4 Å². The van der Waals surface area contributed by atoms with Gasteiger partial charge in [0.25, 0.3) is 0 Å². The van der Waals surface area contributed by atoms with Crippen molar-refractivity contribution in [1.82, 2.24) is 0 Å². The van der Waals surface area contributed by atoms with Crippen LogP contribution in [0.1, 0.15) is 18.4 Å². The van der Waals surface area contributed by atoms with Crippen LogP contribution in [-0.4, -0.2) is 0 Å². The molecule has 0 amide bonds. The zero-order chi connectivity index (χ0) is 8.77. The van der Waals surface area contributed by atoms with Gasteiger partial charge in [0.1, 0.15) is 5.82 Å². The van der Waals surface area contributed by atoms with Crippen LogP contribution in [0.5, 0.6) is 0 Å². The Hall–Kier alpha value is -0.160. The Balaban J connectivity index is 2.55. The Morgan fingerprint density at radius 1 is 1.42 bits per heavy atom. The van der Waals surface area contributed by atoms with Crippen LogP contribution in [0, 0.1) is 9.39 Å². The van der Waals surface area contributed by atoms with Gasteiger partial charge >= 0.3 is 0 Å². The van der Waals surface area contributed by atoms with Crippen molar-refractivity contribution in [2.24, 2.45) is 5.73 Å². The van der Waals surface area contributed by atoms with E-state index in [0.29, 0.717) is 5.56 Å². The molecule has 2 N–H and O–H groups in total. The van der Waals surface area contributed by atoms with Gasteiger partial charge in [0.2, 0.25) is 0 Å². The van der Waals surface area contributed by atoms with Crippen LogP contribution in [0.25, 0.3) is 0 Å². The minimum absolute atomic E-state index is 0.165. The minimum Gasteiger partial charge on any atom is -0.321 e. The molecule has 1 aliphatic carbocycles. The van der Waals surface area contributed by atoms with E-state index >= 15 is 0 Å². The molecule has 1 fully saturated rings. The fourth-order valence-electron chi connectivity index (χ4n) is 1.36. The third kappa shape index (κ3) is 1.25. The maximum absolute atomic E-state index is 13.3. The molecule has 0 unspecified atom stereocenters. The SMILES string of the molecule is NC1(c2c(F)cccc2I)CC1. The fraction of sp³-hybridized carbons (Fsp3) is 0.333. The summed E-state index contributed by atoms with van der Waals surface area (Å²) >= 11 is 2.13. The quantitative estimate of drug-likeness (QED) is 0.784. The zero-order valence-electron chi connectivity index (χ0n) is 6.48. The topological polar surface area (TPSA) is 26.0 Å². The first kappa shape index (κ1) is 8.44. The van der Waals surface area contributed by atoms with Crippen molar-refractivity contribution in [3.8, 4) is 0 Å². The van der Waals surface area contributed by atoms with Crippen LogP contribution in [-0.2, 0) is 5.54 Å². The lowest BCUT2D eigenvalue weighted by atomic mass is 10.1. The molecule has 0 aliphatic heterocycles. The van der Waals surface area contributed by atoms with Gasteiger partial charge in [0.05, 0.1) is 0 Å². The average Bonchev–Trinajstić information content (AvgIpc) is 2.68. The molecule has 0 aromatic heterocycles. The van der Waals surface area contributed by atoms with Crippen molar-refractivity contribution in [2.45, 2.75) is 18.4 Å². The van der Waals surface area contributed by atoms with Gasteiger partial charge in [0, 0.05) is 14.7 Å². The molecule has 1 aliphatic rings. The molecule has 1 nitrogen and oxygen atoms in total. The smallest absolute Gasteiger partial charge is 0.129 e. The number of nitrogens with two attached hydrogens (primary N) is 1. The van der Waals surface area contributed by atoms with E-state index in [1.807, 2.05) is 6.07 Å². The highest BCUT2D eigenvalue weighted by atomic mass is 127. The first-order valence-corrected chi connectivity index (χ1v) is 4.95. The zero-order valence-corrected chi connectivity index (χ0v) is 8.64. The normalized spacial score (nSPS) is 19.2. The van der Waals surface area contributed by atoms with Crippen LogP contribution in [0.4, 0.5) is 4.39 Å². The summed E-state index contributed by atoms with van der Waals surface area (Å²) in [6.07, 6.45) is 1.81. The number of rotatable bonds is 1. The molecule has 12 heavy (non-hydrogen) atoms.